The molecule has 0 radical (unpaired) electrons. The van der Waals surface area contributed by atoms with Gasteiger partial charge in [0.2, 0.25) is 5.78 Å². The molecule has 0 saturated heterocycles. The minimum atomic E-state index is -0.477. The van der Waals surface area contributed by atoms with Crippen molar-refractivity contribution in [3.05, 3.63) is 63.5 Å². The van der Waals surface area contributed by atoms with Gasteiger partial charge in [-0.15, -0.1) is 0 Å². The number of ketones is 1. The molecule has 5 nitrogen and oxygen atoms in total. The van der Waals surface area contributed by atoms with E-state index in [2.05, 4.69) is 4.98 Å². The van der Waals surface area contributed by atoms with E-state index >= 15 is 0 Å². The highest BCUT2D eigenvalue weighted by molar-refractivity contribution is 6.42. The van der Waals surface area contributed by atoms with Crippen LogP contribution in [0.3, 0.4) is 0 Å². The van der Waals surface area contributed by atoms with E-state index in [1.807, 2.05) is 6.92 Å². The highest BCUT2D eigenvalue weighted by atomic mass is 35.5. The van der Waals surface area contributed by atoms with Gasteiger partial charge in [-0.05, 0) is 42.8 Å². The molecule has 0 fully saturated rings. The van der Waals surface area contributed by atoms with E-state index in [-0.39, 0.29) is 23.6 Å². The van der Waals surface area contributed by atoms with E-state index in [1.165, 1.54) is 4.73 Å². The van der Waals surface area contributed by atoms with Crippen molar-refractivity contribution in [2.24, 2.45) is 0 Å². The van der Waals surface area contributed by atoms with Crippen molar-refractivity contribution in [1.29, 1.82) is 0 Å². The molecule has 128 valence electrons. The number of carbonyl (C=O) groups is 2. The normalized spacial score (nSPS) is 10.9. The first-order valence-corrected chi connectivity index (χ1v) is 8.35. The molecule has 1 aromatic carbocycles. The number of halogens is 2. The highest BCUT2D eigenvalue weighted by Crippen LogP contribution is 2.30. The minimum Gasteiger partial charge on any atom is -0.336 e. The predicted octanol–water partition coefficient (Wildman–Crippen LogP) is 4.25. The maximum atomic E-state index is 12.9. The third kappa shape index (κ3) is 3.38. The summed E-state index contributed by atoms with van der Waals surface area (Å²) in [5.41, 5.74) is 1.81. The van der Waals surface area contributed by atoms with E-state index in [4.69, 9.17) is 28.0 Å². The van der Waals surface area contributed by atoms with Crippen molar-refractivity contribution in [3.63, 3.8) is 0 Å². The molecule has 0 aliphatic rings. The topological polar surface area (TPSA) is 61.2 Å². The summed E-state index contributed by atoms with van der Waals surface area (Å²) in [4.78, 5) is 34.1. The lowest BCUT2D eigenvalue weighted by Crippen LogP contribution is -2.23. The molecule has 0 saturated carbocycles. The van der Waals surface area contributed by atoms with Crippen LogP contribution < -0.4 is 4.84 Å². The second kappa shape index (κ2) is 6.86. The second-order valence-corrected chi connectivity index (χ2v) is 6.33. The van der Waals surface area contributed by atoms with Gasteiger partial charge in [0, 0.05) is 18.0 Å². The zero-order valence-corrected chi connectivity index (χ0v) is 15.1. The van der Waals surface area contributed by atoms with Crippen LogP contribution in [-0.4, -0.2) is 21.5 Å². The number of pyridine rings is 1. The van der Waals surface area contributed by atoms with Crippen molar-refractivity contribution in [1.82, 2.24) is 9.71 Å². The Morgan fingerprint density at radius 2 is 1.88 bits per heavy atom. The Kier molecular flexibility index (Phi) is 4.79. The molecule has 0 spiro atoms. The Bertz CT molecular complexity index is 995. The lowest BCUT2D eigenvalue weighted by atomic mass is 10.1. The smallest absolute Gasteiger partial charge is 0.332 e. The van der Waals surface area contributed by atoms with Gasteiger partial charge in [0.05, 0.1) is 15.6 Å². The zero-order chi connectivity index (χ0) is 18.1. The molecule has 7 heteroatoms. The quantitative estimate of drug-likeness (QED) is 0.638. The molecule has 2 heterocycles. The first-order valence-electron chi connectivity index (χ1n) is 7.59. The maximum absolute atomic E-state index is 12.9. The molecule has 25 heavy (non-hydrogen) atoms. The number of rotatable bonds is 4. The molecule has 0 amide bonds. The number of aromatic nitrogens is 2. The Hall–Kier alpha value is -2.37. The first-order chi connectivity index (χ1) is 11.9. The van der Waals surface area contributed by atoms with Gasteiger partial charge in [-0.2, -0.15) is 4.73 Å². The summed E-state index contributed by atoms with van der Waals surface area (Å²) < 4.78 is 1.19. The Balaban J connectivity index is 2.20. The molecule has 0 aliphatic heterocycles. The largest absolute Gasteiger partial charge is 0.336 e. The van der Waals surface area contributed by atoms with Gasteiger partial charge in [0.15, 0.2) is 0 Å². The summed E-state index contributed by atoms with van der Waals surface area (Å²) in [6.45, 7) is 3.53. The van der Waals surface area contributed by atoms with E-state index < -0.39 is 5.97 Å². The molecule has 3 rings (SSSR count). The van der Waals surface area contributed by atoms with Gasteiger partial charge in [0.1, 0.15) is 11.4 Å². The molecule has 0 bridgehead atoms. The number of benzene rings is 1. The van der Waals surface area contributed by atoms with Crippen LogP contribution in [0.15, 0.2) is 36.5 Å². The number of carbonyl (C=O) groups excluding carboxylic acids is 2. The van der Waals surface area contributed by atoms with Crippen molar-refractivity contribution < 1.29 is 14.4 Å². The zero-order valence-electron chi connectivity index (χ0n) is 13.5. The van der Waals surface area contributed by atoms with Crippen LogP contribution in [0.1, 0.15) is 35.1 Å². The average Bonchev–Trinajstić information content (AvgIpc) is 2.92. The highest BCUT2D eigenvalue weighted by Gasteiger charge is 2.22. The van der Waals surface area contributed by atoms with Gasteiger partial charge in [-0.1, -0.05) is 30.1 Å². The second-order valence-electron chi connectivity index (χ2n) is 5.51. The van der Waals surface area contributed by atoms with Crippen LogP contribution in [0, 0.1) is 6.92 Å². The monoisotopic (exact) mass is 376 g/mol. The lowest BCUT2D eigenvalue weighted by Gasteiger charge is -2.09. The van der Waals surface area contributed by atoms with Gasteiger partial charge in [0.25, 0.3) is 0 Å². The van der Waals surface area contributed by atoms with E-state index in [9.17, 15) is 9.59 Å². The van der Waals surface area contributed by atoms with Gasteiger partial charge >= 0.3 is 5.97 Å². The number of aryl methyl sites for hydroxylation is 1. The summed E-state index contributed by atoms with van der Waals surface area (Å²) in [6.07, 6.45) is 1.72. The third-order valence-electron chi connectivity index (χ3n) is 3.66. The lowest BCUT2D eigenvalue weighted by molar-refractivity contribution is -0.143. The first kappa shape index (κ1) is 17.5. The summed E-state index contributed by atoms with van der Waals surface area (Å²) in [5, 5.41) is 1.28. The summed E-state index contributed by atoms with van der Waals surface area (Å²) >= 11 is 12.1. The average molecular weight is 377 g/mol. The molecule has 0 unspecified atom stereocenters. The SMILES string of the molecule is CCC(=O)On1c(C(=O)c2cc(C)ccn2)cc2cc(Cl)c(Cl)cc21. The van der Waals surface area contributed by atoms with Crippen LogP contribution in [0.4, 0.5) is 0 Å². The van der Waals surface area contributed by atoms with Crippen molar-refractivity contribution in [2.75, 3.05) is 0 Å². The standard InChI is InChI=1S/C18H14Cl2N2O3/c1-3-17(23)25-22-15-9-13(20)12(19)7-11(15)8-16(22)18(24)14-6-10(2)4-5-21-14/h4-9H,3H2,1-2H3. The van der Waals surface area contributed by atoms with Crippen molar-refractivity contribution in [3.8, 4) is 0 Å². The Labute approximate surface area is 154 Å². The maximum Gasteiger partial charge on any atom is 0.332 e. The van der Waals surface area contributed by atoms with E-state index in [0.29, 0.717) is 20.9 Å². The minimum absolute atomic E-state index is 0.164. The van der Waals surface area contributed by atoms with Crippen LogP contribution in [-0.2, 0) is 4.79 Å². The molecule has 2 aromatic heterocycles. The fourth-order valence-corrected chi connectivity index (χ4v) is 2.72. The number of nitrogens with zero attached hydrogens (tertiary/aromatic N) is 2. The summed E-state index contributed by atoms with van der Waals surface area (Å²) in [6, 6.07) is 8.25. The van der Waals surface area contributed by atoms with E-state index in [0.717, 1.165) is 5.56 Å². The predicted molar refractivity (Wildman–Crippen MR) is 96.2 cm³/mol. The van der Waals surface area contributed by atoms with Crippen LogP contribution in [0.2, 0.25) is 10.0 Å². The van der Waals surface area contributed by atoms with Crippen LogP contribution in [0.5, 0.6) is 0 Å². The molecule has 3 aromatic rings. The molecular formula is C18H14Cl2N2O3. The molecule has 0 atom stereocenters. The fourth-order valence-electron chi connectivity index (χ4n) is 2.39. The number of hydrogen-bond donors (Lipinski definition) is 0. The van der Waals surface area contributed by atoms with Crippen LogP contribution in [0.25, 0.3) is 10.9 Å². The van der Waals surface area contributed by atoms with Crippen molar-refractivity contribution in [2.45, 2.75) is 20.3 Å². The summed E-state index contributed by atoms with van der Waals surface area (Å²) in [5.74, 6) is -0.842. The van der Waals surface area contributed by atoms with Gasteiger partial charge in [-0.25, -0.2) is 4.79 Å². The Morgan fingerprint density at radius 3 is 2.56 bits per heavy atom. The molecule has 0 N–H and O–H groups in total. The third-order valence-corrected chi connectivity index (χ3v) is 4.38. The Morgan fingerprint density at radius 1 is 1.16 bits per heavy atom. The molecule has 0 aliphatic carbocycles. The number of hydrogen-bond acceptors (Lipinski definition) is 4. The fraction of sp³-hybridized carbons (Fsp3) is 0.167. The van der Waals surface area contributed by atoms with Crippen LogP contribution >= 0.6 is 23.2 Å². The van der Waals surface area contributed by atoms with Crippen molar-refractivity contribution >= 4 is 45.9 Å². The summed E-state index contributed by atoms with van der Waals surface area (Å²) in [7, 11) is 0. The molecular weight excluding hydrogens is 363 g/mol. The van der Waals surface area contributed by atoms with Gasteiger partial charge in [-0.3, -0.25) is 9.78 Å². The van der Waals surface area contributed by atoms with E-state index in [1.54, 1.807) is 43.5 Å². The number of fused-ring (bicyclic) bond motifs is 1. The van der Waals surface area contributed by atoms with Gasteiger partial charge < -0.3 is 4.84 Å².